The molecule has 0 spiro atoms. The molecular formula is C5H11BrO2. The highest BCUT2D eigenvalue weighted by molar-refractivity contribution is 9.09. The summed E-state index contributed by atoms with van der Waals surface area (Å²) in [5.74, 6) is 0.171. The van der Waals surface area contributed by atoms with Crippen LogP contribution in [0, 0.1) is 0 Å². The number of rotatable bonds is 1. The van der Waals surface area contributed by atoms with Crippen LogP contribution in [0.25, 0.3) is 0 Å². The first-order valence-electron chi connectivity index (χ1n) is 2.35. The lowest BCUT2D eigenvalue weighted by Crippen LogP contribution is -1.85. The molecule has 0 unspecified atom stereocenters. The normalized spacial score (nSPS) is 7.00. The van der Waals surface area contributed by atoms with Gasteiger partial charge in [-0.1, -0.05) is 15.9 Å². The van der Waals surface area contributed by atoms with E-state index in [9.17, 15) is 4.79 Å². The number of hydrogen-bond donors (Lipinski definition) is 1. The maximum atomic E-state index is 9.77. The van der Waals surface area contributed by atoms with E-state index in [-0.39, 0.29) is 12.4 Å². The van der Waals surface area contributed by atoms with Crippen LogP contribution in [0.1, 0.15) is 13.8 Å². The zero-order chi connectivity index (χ0) is 6.99. The van der Waals surface area contributed by atoms with Crippen LogP contribution < -0.4 is 0 Å². The largest absolute Gasteiger partial charge is 0.397 e. The number of aliphatic hydroxyl groups excluding tert-OH is 1. The number of Topliss-reactive ketones (excluding diaryl/α,β-unsaturated/α-hetero) is 1. The molecule has 0 saturated heterocycles. The van der Waals surface area contributed by atoms with Crippen molar-refractivity contribution in [2.45, 2.75) is 13.8 Å². The zero-order valence-corrected chi connectivity index (χ0v) is 6.73. The van der Waals surface area contributed by atoms with Gasteiger partial charge in [-0.2, -0.15) is 0 Å². The van der Waals surface area contributed by atoms with E-state index >= 15 is 0 Å². The van der Waals surface area contributed by atoms with Gasteiger partial charge < -0.3 is 5.11 Å². The van der Waals surface area contributed by atoms with Gasteiger partial charge in [-0.3, -0.25) is 4.79 Å². The van der Waals surface area contributed by atoms with Crippen molar-refractivity contribution in [3.05, 3.63) is 0 Å². The van der Waals surface area contributed by atoms with E-state index in [2.05, 4.69) is 15.9 Å². The second-order valence-electron chi connectivity index (χ2n) is 1.15. The van der Waals surface area contributed by atoms with Crippen LogP contribution in [0.15, 0.2) is 0 Å². The Hall–Kier alpha value is 0.110. The number of alkyl halides is 1. The predicted molar refractivity (Wildman–Crippen MR) is 37.2 cm³/mol. The van der Waals surface area contributed by atoms with Crippen LogP contribution >= 0.6 is 15.9 Å². The smallest absolute Gasteiger partial charge is 0.140 e. The van der Waals surface area contributed by atoms with E-state index in [1.165, 1.54) is 6.92 Å². The van der Waals surface area contributed by atoms with E-state index in [0.29, 0.717) is 5.33 Å². The number of carbonyl (C=O) groups is 1. The number of hydrogen-bond acceptors (Lipinski definition) is 2. The summed E-state index contributed by atoms with van der Waals surface area (Å²) in [5.41, 5.74) is 0. The average molecular weight is 183 g/mol. The Labute approximate surface area is 58.0 Å². The molecule has 0 aliphatic carbocycles. The van der Waals surface area contributed by atoms with Gasteiger partial charge >= 0.3 is 0 Å². The number of ketones is 1. The molecule has 0 aliphatic heterocycles. The lowest BCUT2D eigenvalue weighted by atomic mass is 10.5. The van der Waals surface area contributed by atoms with Crippen LogP contribution in [-0.2, 0) is 4.79 Å². The van der Waals surface area contributed by atoms with E-state index in [0.717, 1.165) is 0 Å². The summed E-state index contributed by atoms with van der Waals surface area (Å²) in [6.07, 6.45) is 0. The summed E-state index contributed by atoms with van der Waals surface area (Å²) in [6, 6.07) is 0. The first-order chi connectivity index (χ1) is 3.68. The van der Waals surface area contributed by atoms with Crippen molar-refractivity contribution in [3.63, 3.8) is 0 Å². The molecule has 2 nitrogen and oxygen atoms in total. The fourth-order valence-corrected chi connectivity index (χ4v) is 0. The quantitative estimate of drug-likeness (QED) is 0.615. The van der Waals surface area contributed by atoms with E-state index in [1.807, 2.05) is 0 Å². The summed E-state index contributed by atoms with van der Waals surface area (Å²) in [6.45, 7) is 3.47. The molecule has 50 valence electrons. The molecule has 0 radical (unpaired) electrons. The van der Waals surface area contributed by atoms with Gasteiger partial charge in [0.2, 0.25) is 0 Å². The maximum absolute atomic E-state index is 9.77. The van der Waals surface area contributed by atoms with Gasteiger partial charge in [-0.25, -0.2) is 0 Å². The summed E-state index contributed by atoms with van der Waals surface area (Å²) in [5, 5.41) is 8.05. The third-order valence-corrected chi connectivity index (χ3v) is 0.978. The average Bonchev–Trinajstić information content (AvgIpc) is 1.69. The highest BCUT2D eigenvalue weighted by Crippen LogP contribution is 1.76. The molecule has 0 aliphatic rings. The molecule has 8 heavy (non-hydrogen) atoms. The molecule has 0 aromatic carbocycles. The van der Waals surface area contributed by atoms with Gasteiger partial charge in [-0.05, 0) is 13.8 Å². The van der Waals surface area contributed by atoms with Crippen molar-refractivity contribution >= 4 is 21.7 Å². The Morgan fingerprint density at radius 3 is 1.88 bits per heavy atom. The van der Waals surface area contributed by atoms with Gasteiger partial charge in [0.25, 0.3) is 0 Å². The first-order valence-corrected chi connectivity index (χ1v) is 3.47. The summed E-state index contributed by atoms with van der Waals surface area (Å²) < 4.78 is 0. The summed E-state index contributed by atoms with van der Waals surface area (Å²) >= 11 is 2.96. The SMILES string of the molecule is CC(=O)CBr.CCO. The molecule has 0 saturated carbocycles. The van der Waals surface area contributed by atoms with Crippen molar-refractivity contribution in [1.82, 2.24) is 0 Å². The van der Waals surface area contributed by atoms with E-state index in [1.54, 1.807) is 6.92 Å². The van der Waals surface area contributed by atoms with Crippen molar-refractivity contribution in [1.29, 1.82) is 0 Å². The molecule has 3 heteroatoms. The minimum absolute atomic E-state index is 0.171. The molecule has 0 fully saturated rings. The maximum Gasteiger partial charge on any atom is 0.140 e. The fraction of sp³-hybridized carbons (Fsp3) is 0.800. The molecule has 1 N–H and O–H groups in total. The minimum atomic E-state index is 0.171. The Morgan fingerprint density at radius 1 is 1.75 bits per heavy atom. The fourth-order valence-electron chi connectivity index (χ4n) is 0. The molecule has 0 heterocycles. The van der Waals surface area contributed by atoms with Crippen LogP contribution in [-0.4, -0.2) is 22.8 Å². The lowest BCUT2D eigenvalue weighted by Gasteiger charge is -1.69. The van der Waals surface area contributed by atoms with Crippen LogP contribution in [0.5, 0.6) is 0 Å². The monoisotopic (exact) mass is 182 g/mol. The number of halogens is 1. The minimum Gasteiger partial charge on any atom is -0.397 e. The second kappa shape index (κ2) is 10.2. The van der Waals surface area contributed by atoms with E-state index < -0.39 is 0 Å². The number of aliphatic hydroxyl groups is 1. The highest BCUT2D eigenvalue weighted by Gasteiger charge is 1.78. The van der Waals surface area contributed by atoms with Crippen LogP contribution in [0.4, 0.5) is 0 Å². The van der Waals surface area contributed by atoms with Gasteiger partial charge in [0, 0.05) is 6.61 Å². The van der Waals surface area contributed by atoms with Crippen LogP contribution in [0.3, 0.4) is 0 Å². The number of carbonyl (C=O) groups excluding carboxylic acids is 1. The lowest BCUT2D eigenvalue weighted by molar-refractivity contribution is -0.114. The molecule has 0 bridgehead atoms. The summed E-state index contributed by atoms with van der Waals surface area (Å²) in [4.78, 5) is 9.77. The van der Waals surface area contributed by atoms with Crippen molar-refractivity contribution in [2.24, 2.45) is 0 Å². The summed E-state index contributed by atoms with van der Waals surface area (Å²) in [7, 11) is 0. The van der Waals surface area contributed by atoms with Gasteiger partial charge in [0.1, 0.15) is 5.78 Å². The Kier molecular flexibility index (Phi) is 14.0. The van der Waals surface area contributed by atoms with Gasteiger partial charge in [0.15, 0.2) is 0 Å². The molecule has 0 aromatic heterocycles. The highest BCUT2D eigenvalue weighted by atomic mass is 79.9. The van der Waals surface area contributed by atoms with Gasteiger partial charge in [-0.15, -0.1) is 0 Å². The Morgan fingerprint density at radius 2 is 1.88 bits per heavy atom. The standard InChI is InChI=1S/C3H5BrO.C2H6O/c1-3(5)2-4;1-2-3/h2H2,1H3;3H,2H2,1H3. The molecule has 0 atom stereocenters. The Balaban J connectivity index is 0. The first kappa shape index (κ1) is 11.0. The van der Waals surface area contributed by atoms with Crippen molar-refractivity contribution < 1.29 is 9.90 Å². The molecule has 0 amide bonds. The molecular weight excluding hydrogens is 172 g/mol. The molecule has 0 aromatic rings. The molecule has 0 rings (SSSR count). The predicted octanol–water partition coefficient (Wildman–Crippen LogP) is 0.969. The van der Waals surface area contributed by atoms with E-state index in [4.69, 9.17) is 5.11 Å². The topological polar surface area (TPSA) is 37.3 Å². The second-order valence-corrected chi connectivity index (χ2v) is 1.71. The van der Waals surface area contributed by atoms with Crippen molar-refractivity contribution in [3.8, 4) is 0 Å². The third-order valence-electron chi connectivity index (χ3n) is 0.188. The zero-order valence-electron chi connectivity index (χ0n) is 5.15. The van der Waals surface area contributed by atoms with Crippen molar-refractivity contribution in [2.75, 3.05) is 11.9 Å². The van der Waals surface area contributed by atoms with Crippen LogP contribution in [0.2, 0.25) is 0 Å². The Bertz CT molecular complexity index is 54.4. The van der Waals surface area contributed by atoms with Gasteiger partial charge in [0.05, 0.1) is 5.33 Å². The third kappa shape index (κ3) is 35.8.